The van der Waals surface area contributed by atoms with Crippen LogP contribution in [0.2, 0.25) is 0 Å². The number of fused-ring (bicyclic) bond motifs is 1. The fraction of sp³-hybridized carbons (Fsp3) is 0.667. The number of likely N-dealkylation sites (tertiary alicyclic amines) is 1. The van der Waals surface area contributed by atoms with Crippen molar-refractivity contribution in [2.75, 3.05) is 18.8 Å². The first-order valence-electron chi connectivity index (χ1n) is 9.47. The third-order valence-corrected chi connectivity index (χ3v) is 6.68. The molecule has 1 aliphatic carbocycles. The Hall–Kier alpha value is -1.67. The van der Waals surface area contributed by atoms with Crippen LogP contribution in [0.25, 0.3) is 0 Å². The predicted octanol–water partition coefficient (Wildman–Crippen LogP) is 1.82. The van der Waals surface area contributed by atoms with Crippen LogP contribution >= 0.6 is 11.8 Å². The maximum absolute atomic E-state index is 12.3. The molecular formula is C18H23N5O2S. The van der Waals surface area contributed by atoms with E-state index in [2.05, 4.69) is 20.1 Å². The molecule has 0 N–H and O–H groups in total. The first-order valence-corrected chi connectivity index (χ1v) is 10.6. The normalized spacial score (nSPS) is 21.2. The van der Waals surface area contributed by atoms with Gasteiger partial charge in [-0.05, 0) is 24.2 Å². The lowest BCUT2D eigenvalue weighted by molar-refractivity contribution is 0.0731. The minimum Gasteiger partial charge on any atom is -0.339 e. The van der Waals surface area contributed by atoms with Gasteiger partial charge in [-0.15, -0.1) is 0 Å². The van der Waals surface area contributed by atoms with Gasteiger partial charge in [-0.2, -0.15) is 21.8 Å². The van der Waals surface area contributed by atoms with Crippen molar-refractivity contribution in [1.82, 2.24) is 24.8 Å². The van der Waals surface area contributed by atoms with Gasteiger partial charge in [-0.3, -0.25) is 9.69 Å². The SMILES string of the molecule is O=c1cc2c(nn1CC1CN(Cc3noc(C4CCC4)n3)C1)CCSC2. The molecule has 1 saturated carbocycles. The van der Waals surface area contributed by atoms with E-state index in [-0.39, 0.29) is 5.56 Å². The molecule has 8 heteroatoms. The van der Waals surface area contributed by atoms with Gasteiger partial charge < -0.3 is 4.52 Å². The van der Waals surface area contributed by atoms with Gasteiger partial charge in [0.1, 0.15) is 0 Å². The van der Waals surface area contributed by atoms with E-state index < -0.39 is 0 Å². The second-order valence-corrected chi connectivity index (χ2v) is 8.78. The summed E-state index contributed by atoms with van der Waals surface area (Å²) in [5, 5.41) is 8.73. The van der Waals surface area contributed by atoms with Crippen molar-refractivity contribution in [1.29, 1.82) is 0 Å². The summed E-state index contributed by atoms with van der Waals surface area (Å²) in [5.74, 6) is 4.57. The molecule has 0 radical (unpaired) electrons. The Morgan fingerprint density at radius 2 is 2.19 bits per heavy atom. The first kappa shape index (κ1) is 16.5. The summed E-state index contributed by atoms with van der Waals surface area (Å²) in [6.45, 7) is 3.34. The van der Waals surface area contributed by atoms with Crippen LogP contribution < -0.4 is 5.56 Å². The summed E-state index contributed by atoms with van der Waals surface area (Å²) in [5.41, 5.74) is 2.26. The van der Waals surface area contributed by atoms with Crippen LogP contribution in [0.1, 0.15) is 48.2 Å². The number of hydrogen-bond donors (Lipinski definition) is 0. The zero-order valence-electron chi connectivity index (χ0n) is 14.8. The number of thioether (sulfide) groups is 1. The molecule has 4 heterocycles. The van der Waals surface area contributed by atoms with Gasteiger partial charge in [0.2, 0.25) is 5.89 Å². The minimum absolute atomic E-state index is 0.0352. The van der Waals surface area contributed by atoms with E-state index in [1.54, 1.807) is 10.7 Å². The summed E-state index contributed by atoms with van der Waals surface area (Å²) in [6, 6.07) is 1.78. The summed E-state index contributed by atoms with van der Waals surface area (Å²) >= 11 is 1.88. The largest absolute Gasteiger partial charge is 0.339 e. The summed E-state index contributed by atoms with van der Waals surface area (Å²) in [4.78, 5) is 19.1. The number of aromatic nitrogens is 4. The number of aryl methyl sites for hydroxylation is 1. The molecule has 0 bridgehead atoms. The van der Waals surface area contributed by atoms with Gasteiger partial charge in [0.15, 0.2) is 5.82 Å². The van der Waals surface area contributed by atoms with E-state index in [4.69, 9.17) is 4.52 Å². The lowest BCUT2D eigenvalue weighted by atomic mass is 9.85. The monoisotopic (exact) mass is 373 g/mol. The summed E-state index contributed by atoms with van der Waals surface area (Å²) < 4.78 is 7.05. The average molecular weight is 373 g/mol. The second kappa shape index (κ2) is 6.81. The number of hydrogen-bond acceptors (Lipinski definition) is 7. The first-order chi connectivity index (χ1) is 12.7. The molecular weight excluding hydrogens is 350 g/mol. The number of nitrogens with zero attached hydrogens (tertiary/aromatic N) is 5. The Bertz CT molecular complexity index is 854. The molecule has 2 aliphatic heterocycles. The maximum Gasteiger partial charge on any atom is 0.267 e. The van der Waals surface area contributed by atoms with Gasteiger partial charge in [0.25, 0.3) is 5.56 Å². The summed E-state index contributed by atoms with van der Waals surface area (Å²) in [6.07, 6.45) is 4.59. The van der Waals surface area contributed by atoms with E-state index >= 15 is 0 Å². The van der Waals surface area contributed by atoms with Crippen LogP contribution in [-0.2, 0) is 25.3 Å². The van der Waals surface area contributed by atoms with Crippen molar-refractivity contribution in [2.45, 2.75) is 50.4 Å². The van der Waals surface area contributed by atoms with Crippen LogP contribution in [-0.4, -0.2) is 43.7 Å². The molecule has 0 aromatic carbocycles. The van der Waals surface area contributed by atoms with E-state index in [1.165, 1.54) is 19.3 Å². The molecule has 2 aromatic rings. The lowest BCUT2D eigenvalue weighted by Gasteiger charge is -2.38. The highest BCUT2D eigenvalue weighted by Crippen LogP contribution is 2.35. The van der Waals surface area contributed by atoms with E-state index in [0.29, 0.717) is 18.4 Å². The third-order valence-electron chi connectivity index (χ3n) is 5.67. The smallest absolute Gasteiger partial charge is 0.267 e. The van der Waals surface area contributed by atoms with Crippen molar-refractivity contribution in [3.8, 4) is 0 Å². The predicted molar refractivity (Wildman–Crippen MR) is 98.0 cm³/mol. The molecule has 2 aromatic heterocycles. The lowest BCUT2D eigenvalue weighted by Crippen LogP contribution is -2.49. The highest BCUT2D eigenvalue weighted by atomic mass is 32.2. The molecule has 1 saturated heterocycles. The van der Waals surface area contributed by atoms with Crippen molar-refractivity contribution in [2.24, 2.45) is 5.92 Å². The van der Waals surface area contributed by atoms with Crippen molar-refractivity contribution in [3.05, 3.63) is 39.4 Å². The Kier molecular flexibility index (Phi) is 4.32. The topological polar surface area (TPSA) is 77.0 Å². The van der Waals surface area contributed by atoms with Gasteiger partial charge in [0.05, 0.1) is 18.8 Å². The highest BCUT2D eigenvalue weighted by Gasteiger charge is 2.30. The molecule has 26 heavy (non-hydrogen) atoms. The molecule has 0 amide bonds. The zero-order chi connectivity index (χ0) is 17.5. The molecule has 5 rings (SSSR count). The third kappa shape index (κ3) is 3.20. The highest BCUT2D eigenvalue weighted by molar-refractivity contribution is 7.98. The Morgan fingerprint density at radius 3 is 3.00 bits per heavy atom. The molecule has 0 spiro atoms. The zero-order valence-corrected chi connectivity index (χ0v) is 15.6. The quantitative estimate of drug-likeness (QED) is 0.791. The molecule has 2 fully saturated rings. The van der Waals surface area contributed by atoms with Crippen molar-refractivity contribution >= 4 is 11.8 Å². The summed E-state index contributed by atoms with van der Waals surface area (Å²) in [7, 11) is 0. The van der Waals surface area contributed by atoms with Crippen LogP contribution in [0.3, 0.4) is 0 Å². The van der Waals surface area contributed by atoms with Gasteiger partial charge in [-0.1, -0.05) is 11.6 Å². The Morgan fingerprint density at radius 1 is 1.31 bits per heavy atom. The molecule has 138 valence electrons. The Balaban J connectivity index is 1.16. The molecule has 0 atom stereocenters. The average Bonchev–Trinajstić information content (AvgIpc) is 2.99. The fourth-order valence-corrected chi connectivity index (χ4v) is 4.85. The molecule has 3 aliphatic rings. The van der Waals surface area contributed by atoms with E-state index in [1.807, 2.05) is 11.8 Å². The molecule has 0 unspecified atom stereocenters. The second-order valence-electron chi connectivity index (χ2n) is 7.68. The van der Waals surface area contributed by atoms with Crippen LogP contribution in [0.5, 0.6) is 0 Å². The maximum atomic E-state index is 12.3. The van der Waals surface area contributed by atoms with Crippen molar-refractivity contribution in [3.63, 3.8) is 0 Å². The van der Waals surface area contributed by atoms with Crippen LogP contribution in [0, 0.1) is 5.92 Å². The van der Waals surface area contributed by atoms with Crippen LogP contribution in [0.15, 0.2) is 15.4 Å². The Labute approximate surface area is 156 Å². The minimum atomic E-state index is 0.0352. The van der Waals surface area contributed by atoms with E-state index in [9.17, 15) is 4.79 Å². The van der Waals surface area contributed by atoms with E-state index in [0.717, 1.165) is 60.5 Å². The van der Waals surface area contributed by atoms with Crippen LogP contribution in [0.4, 0.5) is 0 Å². The van der Waals surface area contributed by atoms with Gasteiger partial charge >= 0.3 is 0 Å². The van der Waals surface area contributed by atoms with Gasteiger partial charge in [0, 0.05) is 43.2 Å². The molecule has 7 nitrogen and oxygen atoms in total. The fourth-order valence-electron chi connectivity index (χ4n) is 3.90. The standard InChI is InChI=1S/C18H23N5O2S/c24-17-6-14-11-26-5-4-15(14)20-23(17)9-12-7-22(8-12)10-16-19-18(25-21-16)13-2-1-3-13/h6,12-13H,1-5,7-11H2. The number of rotatable bonds is 5. The van der Waals surface area contributed by atoms with Gasteiger partial charge in [-0.25, -0.2) is 4.68 Å². The van der Waals surface area contributed by atoms with Crippen molar-refractivity contribution < 1.29 is 4.52 Å².